The molecule has 0 fully saturated rings. The summed E-state index contributed by atoms with van der Waals surface area (Å²) in [4.78, 5) is 6.49. The Morgan fingerprint density at radius 1 is 1.62 bits per heavy atom. The third kappa shape index (κ3) is 3.70. The van der Waals surface area contributed by atoms with Crippen molar-refractivity contribution < 1.29 is 0 Å². The monoisotopic (exact) mass is 222 g/mol. The van der Waals surface area contributed by atoms with E-state index in [-0.39, 0.29) is 0 Å². The van der Waals surface area contributed by atoms with Crippen molar-refractivity contribution in [3.05, 3.63) is 25.0 Å². The maximum absolute atomic E-state index is 4.29. The minimum absolute atomic E-state index is 0.456. The van der Waals surface area contributed by atoms with Gasteiger partial charge in [0, 0.05) is 25.0 Å². The van der Waals surface area contributed by atoms with Crippen molar-refractivity contribution in [1.82, 2.24) is 14.5 Å². The second kappa shape index (κ2) is 6.33. The Morgan fingerprint density at radius 3 is 3.00 bits per heavy atom. The first-order valence-electron chi connectivity index (χ1n) is 5.67. The normalized spacial score (nSPS) is 12.8. The molecule has 1 N–H and O–H groups in total. The minimum atomic E-state index is 0.456. The molecule has 1 unspecified atom stereocenters. The Balaban J connectivity index is 2.56. The van der Waals surface area contributed by atoms with Gasteiger partial charge in [0.05, 0.1) is 0 Å². The molecule has 0 amide bonds. The van der Waals surface area contributed by atoms with Gasteiger partial charge in [-0.25, -0.2) is 4.98 Å². The van der Waals surface area contributed by atoms with E-state index in [4.69, 9.17) is 0 Å². The summed E-state index contributed by atoms with van der Waals surface area (Å²) in [5, 5.41) is 3.23. The standard InChI is InChI=1S/C12H22N4/c1-5-7-13-12-14-8-10-16(12)11(2)6-9-15(3)4/h5,8,10-11H,1,6-7,9H2,2-4H3,(H,13,14). The fraction of sp³-hybridized carbons (Fsp3) is 0.583. The Morgan fingerprint density at radius 2 is 2.38 bits per heavy atom. The van der Waals surface area contributed by atoms with Crippen LogP contribution >= 0.6 is 0 Å². The highest BCUT2D eigenvalue weighted by Crippen LogP contribution is 2.16. The molecule has 0 saturated carbocycles. The van der Waals surface area contributed by atoms with Crippen molar-refractivity contribution in [2.24, 2.45) is 0 Å². The molecule has 0 bridgehead atoms. The molecule has 1 heterocycles. The third-order valence-electron chi connectivity index (χ3n) is 2.54. The highest BCUT2D eigenvalue weighted by Gasteiger charge is 2.09. The zero-order valence-corrected chi connectivity index (χ0v) is 10.5. The minimum Gasteiger partial charge on any atom is -0.352 e. The van der Waals surface area contributed by atoms with Gasteiger partial charge in [-0.05, 0) is 34.0 Å². The van der Waals surface area contributed by atoms with Crippen LogP contribution in [-0.4, -0.2) is 41.6 Å². The molecule has 4 nitrogen and oxygen atoms in total. The highest BCUT2D eigenvalue weighted by molar-refractivity contribution is 5.27. The smallest absolute Gasteiger partial charge is 0.203 e. The molecule has 1 rings (SSSR count). The number of nitrogens with one attached hydrogen (secondary N) is 1. The summed E-state index contributed by atoms with van der Waals surface area (Å²) in [5.74, 6) is 0.922. The molecule has 0 spiro atoms. The molecule has 1 aromatic heterocycles. The molecule has 1 aromatic rings. The van der Waals surface area contributed by atoms with Gasteiger partial charge in [0.1, 0.15) is 0 Å². The van der Waals surface area contributed by atoms with E-state index >= 15 is 0 Å². The van der Waals surface area contributed by atoms with E-state index in [9.17, 15) is 0 Å². The number of imidazole rings is 1. The fourth-order valence-corrected chi connectivity index (χ4v) is 1.55. The molecule has 4 heteroatoms. The van der Waals surface area contributed by atoms with E-state index in [0.29, 0.717) is 6.04 Å². The van der Waals surface area contributed by atoms with Gasteiger partial charge in [0.15, 0.2) is 0 Å². The number of rotatable bonds is 7. The second-order valence-electron chi connectivity index (χ2n) is 4.27. The van der Waals surface area contributed by atoms with Crippen LogP contribution in [0.5, 0.6) is 0 Å². The summed E-state index contributed by atoms with van der Waals surface area (Å²) in [6.07, 6.45) is 6.80. The summed E-state index contributed by atoms with van der Waals surface area (Å²) < 4.78 is 2.17. The average molecular weight is 222 g/mol. The lowest BCUT2D eigenvalue weighted by Gasteiger charge is -2.18. The van der Waals surface area contributed by atoms with E-state index in [0.717, 1.165) is 25.5 Å². The quantitative estimate of drug-likeness (QED) is 0.716. The van der Waals surface area contributed by atoms with E-state index in [1.165, 1.54) is 0 Å². The molecule has 0 saturated heterocycles. The molecule has 0 aliphatic heterocycles. The number of aromatic nitrogens is 2. The Hall–Kier alpha value is -1.29. The van der Waals surface area contributed by atoms with Gasteiger partial charge in [-0.1, -0.05) is 6.08 Å². The van der Waals surface area contributed by atoms with Crippen molar-refractivity contribution in [2.75, 3.05) is 32.5 Å². The van der Waals surface area contributed by atoms with Crippen LogP contribution in [0.1, 0.15) is 19.4 Å². The van der Waals surface area contributed by atoms with Gasteiger partial charge >= 0.3 is 0 Å². The predicted molar refractivity (Wildman–Crippen MR) is 68.8 cm³/mol. The summed E-state index contributed by atoms with van der Waals surface area (Å²) in [6.45, 7) is 7.73. The summed E-state index contributed by atoms with van der Waals surface area (Å²) in [7, 11) is 4.19. The molecule has 1 atom stereocenters. The molecule has 0 aliphatic carbocycles. The maximum Gasteiger partial charge on any atom is 0.203 e. The zero-order chi connectivity index (χ0) is 12.0. The number of anilines is 1. The van der Waals surface area contributed by atoms with Crippen molar-refractivity contribution in [3.8, 4) is 0 Å². The topological polar surface area (TPSA) is 33.1 Å². The van der Waals surface area contributed by atoms with Gasteiger partial charge in [0.2, 0.25) is 5.95 Å². The maximum atomic E-state index is 4.29. The van der Waals surface area contributed by atoms with Crippen LogP contribution in [0.3, 0.4) is 0 Å². The average Bonchev–Trinajstić information content (AvgIpc) is 2.71. The third-order valence-corrected chi connectivity index (χ3v) is 2.54. The Labute approximate surface area is 98.0 Å². The number of nitrogens with zero attached hydrogens (tertiary/aromatic N) is 3. The first-order chi connectivity index (χ1) is 7.65. The zero-order valence-electron chi connectivity index (χ0n) is 10.5. The molecule has 0 radical (unpaired) electrons. The number of hydrogen-bond donors (Lipinski definition) is 1. The van der Waals surface area contributed by atoms with Crippen LogP contribution < -0.4 is 5.32 Å². The van der Waals surface area contributed by atoms with Gasteiger partial charge < -0.3 is 14.8 Å². The van der Waals surface area contributed by atoms with E-state index in [1.807, 2.05) is 18.5 Å². The number of hydrogen-bond acceptors (Lipinski definition) is 3. The summed E-state index contributed by atoms with van der Waals surface area (Å²) in [5.41, 5.74) is 0. The van der Waals surface area contributed by atoms with E-state index < -0.39 is 0 Å². The van der Waals surface area contributed by atoms with E-state index in [2.05, 4.69) is 47.4 Å². The molecular weight excluding hydrogens is 200 g/mol. The Bertz CT molecular complexity index is 317. The SMILES string of the molecule is C=CCNc1nccn1C(C)CCN(C)C. The molecule has 16 heavy (non-hydrogen) atoms. The van der Waals surface area contributed by atoms with Crippen LogP contribution in [0, 0.1) is 0 Å². The van der Waals surface area contributed by atoms with Crippen molar-refractivity contribution in [3.63, 3.8) is 0 Å². The van der Waals surface area contributed by atoms with Crippen molar-refractivity contribution in [2.45, 2.75) is 19.4 Å². The molecular formula is C12H22N4. The Kier molecular flexibility index (Phi) is 5.05. The first-order valence-corrected chi connectivity index (χ1v) is 5.67. The highest BCUT2D eigenvalue weighted by atomic mass is 15.2. The van der Waals surface area contributed by atoms with Crippen LogP contribution in [0.4, 0.5) is 5.95 Å². The van der Waals surface area contributed by atoms with Gasteiger partial charge in [-0.15, -0.1) is 6.58 Å². The lowest BCUT2D eigenvalue weighted by molar-refractivity contribution is 0.359. The predicted octanol–water partition coefficient (Wildman–Crippen LogP) is 1.99. The van der Waals surface area contributed by atoms with Gasteiger partial charge in [-0.2, -0.15) is 0 Å². The van der Waals surface area contributed by atoms with Crippen LogP contribution in [0.2, 0.25) is 0 Å². The van der Waals surface area contributed by atoms with E-state index in [1.54, 1.807) is 0 Å². The lowest BCUT2D eigenvalue weighted by atomic mass is 10.2. The largest absolute Gasteiger partial charge is 0.352 e. The molecule has 0 aromatic carbocycles. The fourth-order valence-electron chi connectivity index (χ4n) is 1.55. The second-order valence-corrected chi connectivity index (χ2v) is 4.27. The summed E-state index contributed by atoms with van der Waals surface area (Å²) in [6, 6.07) is 0.456. The molecule has 90 valence electrons. The van der Waals surface area contributed by atoms with Crippen molar-refractivity contribution >= 4 is 5.95 Å². The van der Waals surface area contributed by atoms with Crippen LogP contribution in [0.25, 0.3) is 0 Å². The van der Waals surface area contributed by atoms with Gasteiger partial charge in [-0.3, -0.25) is 0 Å². The van der Waals surface area contributed by atoms with Crippen molar-refractivity contribution in [1.29, 1.82) is 0 Å². The molecule has 0 aliphatic rings. The van der Waals surface area contributed by atoms with Crippen LogP contribution in [-0.2, 0) is 0 Å². The lowest BCUT2D eigenvalue weighted by Crippen LogP contribution is -2.18. The van der Waals surface area contributed by atoms with Gasteiger partial charge in [0.25, 0.3) is 0 Å². The first kappa shape index (κ1) is 12.8. The summed E-state index contributed by atoms with van der Waals surface area (Å²) >= 11 is 0. The van der Waals surface area contributed by atoms with Crippen LogP contribution in [0.15, 0.2) is 25.0 Å².